The van der Waals surface area contributed by atoms with Crippen LogP contribution in [-0.2, 0) is 9.53 Å². The average molecular weight is 246 g/mol. The zero-order valence-electron chi connectivity index (χ0n) is 6.55. The highest BCUT2D eigenvalue weighted by atomic mass is 19.4. The largest absolute Gasteiger partial charge is 0.482 e. The third-order valence-electron chi connectivity index (χ3n) is 1.05. The number of ether oxygens (including phenoxy) is 1. The molecule has 0 aromatic heterocycles. The van der Waals surface area contributed by atoms with Gasteiger partial charge in [-0.05, 0) is 0 Å². The van der Waals surface area contributed by atoms with Gasteiger partial charge in [0, 0.05) is 0 Å². The van der Waals surface area contributed by atoms with Crippen molar-refractivity contribution in [2.45, 2.75) is 18.2 Å². The zero-order chi connectivity index (χ0) is 12.5. The van der Waals surface area contributed by atoms with Gasteiger partial charge in [-0.15, -0.1) is 0 Å². The molecule has 0 bridgehead atoms. The molecule has 10 heteroatoms. The Balaban J connectivity index is 4.47. The molecule has 0 fully saturated rings. The molecule has 90 valence electrons. The van der Waals surface area contributed by atoms with E-state index in [1.165, 1.54) is 0 Å². The van der Waals surface area contributed by atoms with Gasteiger partial charge < -0.3 is 4.74 Å². The van der Waals surface area contributed by atoms with Gasteiger partial charge in [0.05, 0.1) is 0 Å². The van der Waals surface area contributed by atoms with Crippen LogP contribution >= 0.6 is 0 Å². The van der Waals surface area contributed by atoms with Crippen molar-refractivity contribution in [3.8, 4) is 0 Å². The quantitative estimate of drug-likeness (QED) is 0.562. The van der Waals surface area contributed by atoms with Crippen LogP contribution in [0.5, 0.6) is 0 Å². The highest BCUT2D eigenvalue weighted by Crippen LogP contribution is 2.37. The van der Waals surface area contributed by atoms with Crippen LogP contribution in [0.1, 0.15) is 0 Å². The zero-order valence-corrected chi connectivity index (χ0v) is 6.55. The molecule has 0 aliphatic heterocycles. The third kappa shape index (κ3) is 3.61. The number of rotatable bonds is 4. The normalized spacial score (nSPS) is 14.1. The molecule has 0 N–H and O–H groups in total. The molecule has 0 aliphatic rings. The van der Waals surface area contributed by atoms with Crippen LogP contribution in [0.3, 0.4) is 0 Å². The Kier molecular flexibility index (Phi) is 3.67. The second-order valence-electron chi connectivity index (χ2n) is 2.28. The van der Waals surface area contributed by atoms with Crippen molar-refractivity contribution in [1.29, 1.82) is 0 Å². The van der Waals surface area contributed by atoms with Crippen molar-refractivity contribution in [2.75, 3.05) is 6.61 Å². The second-order valence-corrected chi connectivity index (χ2v) is 2.28. The molecular weight excluding hydrogens is 244 g/mol. The van der Waals surface area contributed by atoms with Gasteiger partial charge in [0.2, 0.25) is 0 Å². The summed E-state index contributed by atoms with van der Waals surface area (Å²) in [7, 11) is 0. The Bertz CT molecular complexity index is 244. The van der Waals surface area contributed by atoms with Gasteiger partial charge in [-0.1, -0.05) is 0 Å². The number of hydrogen-bond acceptors (Lipinski definition) is 2. The summed E-state index contributed by atoms with van der Waals surface area (Å²) in [5, 5.41) is 0. The number of carbonyl (C=O) groups excluding carboxylic acids is 1. The van der Waals surface area contributed by atoms with E-state index < -0.39 is 30.9 Å². The first-order chi connectivity index (χ1) is 6.40. The van der Waals surface area contributed by atoms with E-state index in [1.807, 2.05) is 0 Å². The first kappa shape index (κ1) is 14.1. The molecule has 0 aromatic carbocycles. The number of halogens is 8. The maximum Gasteiger partial charge on any atom is 0.482 e. The van der Waals surface area contributed by atoms with Gasteiger partial charge >= 0.3 is 24.2 Å². The standard InChI is InChI=1S/C5H2F8O2/c6-2(14)3(7,8)1-15-5(12,13)4(9,10)11/h1H2. The smallest absolute Gasteiger partial charge is 0.306 e. The predicted octanol–water partition coefficient (Wildman–Crippen LogP) is 2.29. The maximum absolute atomic E-state index is 11.9. The van der Waals surface area contributed by atoms with Gasteiger partial charge in [-0.25, -0.2) is 0 Å². The van der Waals surface area contributed by atoms with Crippen LogP contribution in [0, 0.1) is 0 Å². The highest BCUT2D eigenvalue weighted by molar-refractivity contribution is 5.76. The fraction of sp³-hybridized carbons (Fsp3) is 0.800. The van der Waals surface area contributed by atoms with Crippen LogP contribution in [0.4, 0.5) is 35.1 Å². The van der Waals surface area contributed by atoms with Crippen LogP contribution < -0.4 is 0 Å². The van der Waals surface area contributed by atoms with E-state index in [0.717, 1.165) is 0 Å². The molecule has 0 aromatic rings. The van der Waals surface area contributed by atoms with E-state index in [0.29, 0.717) is 0 Å². The maximum atomic E-state index is 11.9. The van der Waals surface area contributed by atoms with Crippen LogP contribution in [0.25, 0.3) is 0 Å². The molecule has 0 atom stereocenters. The highest BCUT2D eigenvalue weighted by Gasteiger charge is 2.61. The summed E-state index contributed by atoms with van der Waals surface area (Å²) in [5.41, 5.74) is 0. The summed E-state index contributed by atoms with van der Waals surface area (Å²) >= 11 is 0. The second kappa shape index (κ2) is 3.91. The fourth-order valence-electron chi connectivity index (χ4n) is 0.320. The van der Waals surface area contributed by atoms with Gasteiger partial charge in [0.25, 0.3) is 0 Å². The van der Waals surface area contributed by atoms with Crippen LogP contribution in [-0.4, -0.2) is 30.9 Å². The molecule has 0 saturated carbocycles. The molecule has 0 unspecified atom stereocenters. The molecule has 0 aliphatic carbocycles. The SMILES string of the molecule is O=C(F)C(F)(F)COC(F)(F)C(F)(F)F. The Hall–Kier alpha value is -0.930. The molecule has 0 radical (unpaired) electrons. The van der Waals surface area contributed by atoms with Crippen molar-refractivity contribution in [3.05, 3.63) is 0 Å². The number of alkyl halides is 7. The minimum absolute atomic E-state index is 2.45. The van der Waals surface area contributed by atoms with Crippen molar-refractivity contribution in [3.63, 3.8) is 0 Å². The van der Waals surface area contributed by atoms with Crippen molar-refractivity contribution in [2.24, 2.45) is 0 Å². The lowest BCUT2D eigenvalue weighted by molar-refractivity contribution is -0.397. The lowest BCUT2D eigenvalue weighted by Gasteiger charge is -2.20. The Morgan fingerprint density at radius 3 is 1.67 bits per heavy atom. The van der Waals surface area contributed by atoms with Crippen molar-refractivity contribution < 1.29 is 44.7 Å². The van der Waals surface area contributed by atoms with E-state index in [2.05, 4.69) is 4.74 Å². The van der Waals surface area contributed by atoms with E-state index in [1.54, 1.807) is 0 Å². The van der Waals surface area contributed by atoms with Crippen LogP contribution in [0.2, 0.25) is 0 Å². The average Bonchev–Trinajstić information content (AvgIpc) is 1.99. The third-order valence-corrected chi connectivity index (χ3v) is 1.05. The summed E-state index contributed by atoms with van der Waals surface area (Å²) in [4.78, 5) is 9.41. The van der Waals surface area contributed by atoms with E-state index in [9.17, 15) is 39.9 Å². The molecule has 0 rings (SSSR count). The Morgan fingerprint density at radius 2 is 1.40 bits per heavy atom. The summed E-state index contributed by atoms with van der Waals surface area (Å²) < 4.78 is 95.2. The van der Waals surface area contributed by atoms with Crippen LogP contribution in [0.15, 0.2) is 0 Å². The first-order valence-electron chi connectivity index (χ1n) is 3.06. The van der Waals surface area contributed by atoms with Gasteiger partial charge in [0.1, 0.15) is 6.61 Å². The monoisotopic (exact) mass is 246 g/mol. The Morgan fingerprint density at radius 1 is 1.00 bits per heavy atom. The summed E-state index contributed by atoms with van der Waals surface area (Å²) in [6.07, 6.45) is -12.1. The van der Waals surface area contributed by atoms with E-state index >= 15 is 0 Å². The topological polar surface area (TPSA) is 26.3 Å². The summed E-state index contributed by atoms with van der Waals surface area (Å²) in [6, 6.07) is -3.36. The predicted molar refractivity (Wildman–Crippen MR) is 28.0 cm³/mol. The molecular formula is C5H2F8O2. The van der Waals surface area contributed by atoms with E-state index in [-0.39, 0.29) is 0 Å². The van der Waals surface area contributed by atoms with Gasteiger partial charge in [0.15, 0.2) is 0 Å². The molecule has 0 spiro atoms. The number of carbonyl (C=O) groups is 1. The number of hydrogen-bond donors (Lipinski definition) is 0. The molecule has 15 heavy (non-hydrogen) atoms. The fourth-order valence-corrected chi connectivity index (χ4v) is 0.320. The van der Waals surface area contributed by atoms with Crippen molar-refractivity contribution >= 4 is 6.04 Å². The van der Waals surface area contributed by atoms with E-state index in [4.69, 9.17) is 0 Å². The molecule has 0 heterocycles. The molecule has 0 saturated heterocycles. The van der Waals surface area contributed by atoms with Gasteiger partial charge in [-0.2, -0.15) is 35.1 Å². The van der Waals surface area contributed by atoms with Gasteiger partial charge in [-0.3, -0.25) is 4.79 Å². The Labute approximate surface area is 76.8 Å². The molecule has 2 nitrogen and oxygen atoms in total. The lowest BCUT2D eigenvalue weighted by Crippen LogP contribution is -2.43. The lowest BCUT2D eigenvalue weighted by atomic mass is 10.4. The summed E-state index contributed by atoms with van der Waals surface area (Å²) in [6.45, 7) is -2.70. The first-order valence-corrected chi connectivity index (χ1v) is 3.06. The molecule has 0 amide bonds. The summed E-state index contributed by atoms with van der Waals surface area (Å²) in [5.74, 6) is -5.03. The minimum atomic E-state index is -6.22. The van der Waals surface area contributed by atoms with Crippen molar-refractivity contribution in [1.82, 2.24) is 0 Å². The minimum Gasteiger partial charge on any atom is -0.306 e.